The highest BCUT2D eigenvalue weighted by Gasteiger charge is 2.27. The number of nitrogens with two attached hydrogens (primary N) is 1. The van der Waals surface area contributed by atoms with Crippen molar-refractivity contribution in [1.82, 2.24) is 10.3 Å². The van der Waals surface area contributed by atoms with Crippen molar-refractivity contribution in [2.45, 2.75) is 45.6 Å². The van der Waals surface area contributed by atoms with E-state index in [4.69, 9.17) is 5.73 Å². The monoisotopic (exact) mass is 296 g/mol. The molecule has 1 aliphatic carbocycles. The van der Waals surface area contributed by atoms with E-state index in [1.807, 2.05) is 11.9 Å². The molecule has 1 aromatic heterocycles. The number of nitrogen functional groups attached to an aromatic ring is 1. The molecule has 0 bridgehead atoms. The third-order valence-corrected chi connectivity index (χ3v) is 5.10. The largest absolute Gasteiger partial charge is 0.382 e. The van der Waals surface area contributed by atoms with Crippen LogP contribution in [0.2, 0.25) is 0 Å². The minimum Gasteiger partial charge on any atom is -0.382 e. The predicted molar refractivity (Wildman–Crippen MR) is 84.4 cm³/mol. The average molecular weight is 296 g/mol. The maximum Gasteiger partial charge on any atom is 0.265 e. The molecule has 2 rings (SSSR count). The Morgan fingerprint density at radius 3 is 2.90 bits per heavy atom. The molecule has 0 aromatic carbocycles. The van der Waals surface area contributed by atoms with Crippen LogP contribution in [0.25, 0.3) is 0 Å². The summed E-state index contributed by atoms with van der Waals surface area (Å²) in [4.78, 5) is 19.2. The number of rotatable bonds is 5. The molecule has 5 nitrogen and oxygen atoms in total. The van der Waals surface area contributed by atoms with E-state index in [2.05, 4.69) is 24.1 Å². The number of nitrogens with one attached hydrogen (secondary N) is 1. The summed E-state index contributed by atoms with van der Waals surface area (Å²) < 4.78 is 0. The molecule has 2 atom stereocenters. The van der Waals surface area contributed by atoms with Gasteiger partial charge < -0.3 is 16.0 Å². The summed E-state index contributed by atoms with van der Waals surface area (Å²) in [7, 11) is 1.97. The second kappa shape index (κ2) is 6.43. The molecule has 1 aliphatic rings. The number of hydrogen-bond donors (Lipinski definition) is 2. The summed E-state index contributed by atoms with van der Waals surface area (Å²) in [5, 5.41) is 3.92. The Kier molecular flexibility index (Phi) is 4.86. The van der Waals surface area contributed by atoms with Gasteiger partial charge in [0.05, 0.1) is 0 Å². The van der Waals surface area contributed by atoms with Crippen LogP contribution in [0.4, 0.5) is 10.9 Å². The molecule has 1 amide bonds. The van der Waals surface area contributed by atoms with Gasteiger partial charge in [-0.25, -0.2) is 4.98 Å². The van der Waals surface area contributed by atoms with E-state index in [9.17, 15) is 4.79 Å². The molecule has 0 aliphatic heterocycles. The Hall–Kier alpha value is -1.30. The van der Waals surface area contributed by atoms with E-state index in [1.165, 1.54) is 24.2 Å². The lowest BCUT2D eigenvalue weighted by atomic mass is 10.1. The number of nitrogens with zero attached hydrogens (tertiary/aromatic N) is 2. The first-order chi connectivity index (χ1) is 9.52. The zero-order valence-electron chi connectivity index (χ0n) is 12.5. The second-order valence-electron chi connectivity index (χ2n) is 5.62. The van der Waals surface area contributed by atoms with Crippen molar-refractivity contribution in [1.29, 1.82) is 0 Å². The molecule has 2 unspecified atom stereocenters. The van der Waals surface area contributed by atoms with Crippen molar-refractivity contribution in [3.63, 3.8) is 0 Å². The first-order valence-electron chi connectivity index (χ1n) is 7.31. The highest BCUT2D eigenvalue weighted by Crippen LogP contribution is 2.29. The zero-order valence-corrected chi connectivity index (χ0v) is 13.3. The van der Waals surface area contributed by atoms with Crippen molar-refractivity contribution in [3.8, 4) is 0 Å². The van der Waals surface area contributed by atoms with Gasteiger partial charge in [-0.3, -0.25) is 4.79 Å². The van der Waals surface area contributed by atoms with Gasteiger partial charge in [-0.1, -0.05) is 31.6 Å². The number of carbonyl (C=O) groups excluding carboxylic acids is 1. The number of hydrogen-bond acceptors (Lipinski definition) is 5. The van der Waals surface area contributed by atoms with Crippen LogP contribution in [-0.4, -0.2) is 30.5 Å². The van der Waals surface area contributed by atoms with Gasteiger partial charge in [0.2, 0.25) is 0 Å². The minimum absolute atomic E-state index is 0.0742. The van der Waals surface area contributed by atoms with Crippen molar-refractivity contribution >= 4 is 28.2 Å². The van der Waals surface area contributed by atoms with Gasteiger partial charge in [-0.15, -0.1) is 0 Å². The lowest BCUT2D eigenvalue weighted by molar-refractivity contribution is 0.0934. The van der Waals surface area contributed by atoms with E-state index < -0.39 is 0 Å². The van der Waals surface area contributed by atoms with Crippen molar-refractivity contribution in [2.24, 2.45) is 5.92 Å². The van der Waals surface area contributed by atoms with Crippen LogP contribution in [-0.2, 0) is 0 Å². The van der Waals surface area contributed by atoms with E-state index in [-0.39, 0.29) is 11.9 Å². The third kappa shape index (κ3) is 3.23. The topological polar surface area (TPSA) is 71.2 Å². The van der Waals surface area contributed by atoms with Crippen LogP contribution in [0.3, 0.4) is 0 Å². The first-order valence-corrected chi connectivity index (χ1v) is 8.12. The Balaban J connectivity index is 2.06. The summed E-state index contributed by atoms with van der Waals surface area (Å²) in [5.41, 5.74) is 5.90. The molecule has 112 valence electrons. The first kappa shape index (κ1) is 15.1. The molecule has 20 heavy (non-hydrogen) atoms. The SMILES string of the molecule is CCCN(C)c1nc(N)c(C(=O)NC2CCCC2C)s1. The summed E-state index contributed by atoms with van der Waals surface area (Å²) in [6.45, 7) is 5.21. The van der Waals surface area contributed by atoms with Gasteiger partial charge in [-0.05, 0) is 25.2 Å². The zero-order chi connectivity index (χ0) is 14.7. The van der Waals surface area contributed by atoms with E-state index in [0.717, 1.165) is 24.5 Å². The maximum atomic E-state index is 12.3. The lowest BCUT2D eigenvalue weighted by Crippen LogP contribution is -2.36. The molecule has 0 radical (unpaired) electrons. The van der Waals surface area contributed by atoms with Gasteiger partial charge in [0, 0.05) is 19.6 Å². The summed E-state index contributed by atoms with van der Waals surface area (Å²) >= 11 is 1.38. The van der Waals surface area contributed by atoms with Crippen LogP contribution in [0.1, 0.15) is 49.2 Å². The molecule has 6 heteroatoms. The van der Waals surface area contributed by atoms with E-state index >= 15 is 0 Å². The summed E-state index contributed by atoms with van der Waals surface area (Å²) in [6, 6.07) is 0.279. The molecule has 1 saturated carbocycles. The molecule has 3 N–H and O–H groups in total. The quantitative estimate of drug-likeness (QED) is 0.875. The number of anilines is 2. The smallest absolute Gasteiger partial charge is 0.265 e. The lowest BCUT2D eigenvalue weighted by Gasteiger charge is -2.16. The van der Waals surface area contributed by atoms with Crippen LogP contribution in [0.15, 0.2) is 0 Å². The fraction of sp³-hybridized carbons (Fsp3) is 0.714. The van der Waals surface area contributed by atoms with Crippen LogP contribution in [0.5, 0.6) is 0 Å². The van der Waals surface area contributed by atoms with Crippen LogP contribution < -0.4 is 16.0 Å². The molecule has 0 spiro atoms. The van der Waals surface area contributed by atoms with E-state index in [1.54, 1.807) is 0 Å². The number of aromatic nitrogens is 1. The van der Waals surface area contributed by atoms with Crippen LogP contribution >= 0.6 is 11.3 Å². The maximum absolute atomic E-state index is 12.3. The highest BCUT2D eigenvalue weighted by molar-refractivity contribution is 7.18. The fourth-order valence-electron chi connectivity index (χ4n) is 2.67. The van der Waals surface area contributed by atoms with Gasteiger partial charge in [0.25, 0.3) is 5.91 Å². The number of carbonyl (C=O) groups is 1. The predicted octanol–water partition coefficient (Wildman–Crippen LogP) is 2.49. The molecule has 0 saturated heterocycles. The van der Waals surface area contributed by atoms with E-state index in [0.29, 0.717) is 16.6 Å². The summed E-state index contributed by atoms with van der Waals surface area (Å²) in [5.74, 6) is 0.821. The Morgan fingerprint density at radius 1 is 1.55 bits per heavy atom. The normalized spacial score (nSPS) is 21.9. The van der Waals surface area contributed by atoms with Crippen molar-refractivity contribution in [3.05, 3.63) is 4.88 Å². The number of thiazole rings is 1. The molecule has 1 aromatic rings. The van der Waals surface area contributed by atoms with Gasteiger partial charge in [-0.2, -0.15) is 0 Å². The molecule has 1 fully saturated rings. The molecular weight excluding hydrogens is 272 g/mol. The van der Waals surface area contributed by atoms with Crippen molar-refractivity contribution in [2.75, 3.05) is 24.2 Å². The molecular formula is C14H24N4OS. The van der Waals surface area contributed by atoms with Crippen molar-refractivity contribution < 1.29 is 4.79 Å². The minimum atomic E-state index is -0.0742. The van der Waals surface area contributed by atoms with Gasteiger partial charge in [0.15, 0.2) is 5.13 Å². The Labute approximate surface area is 124 Å². The second-order valence-corrected chi connectivity index (χ2v) is 6.60. The van der Waals surface area contributed by atoms with Crippen LogP contribution in [0, 0.1) is 5.92 Å². The third-order valence-electron chi connectivity index (χ3n) is 3.91. The molecule has 1 heterocycles. The number of amides is 1. The van der Waals surface area contributed by atoms with Gasteiger partial charge in [0.1, 0.15) is 10.7 Å². The fourth-order valence-corrected chi connectivity index (χ4v) is 3.55. The Bertz CT molecular complexity index is 474. The average Bonchev–Trinajstić information content (AvgIpc) is 2.97. The highest BCUT2D eigenvalue weighted by atomic mass is 32.1. The standard InChI is InChI=1S/C14H24N4OS/c1-4-8-18(3)14-17-12(15)11(20-14)13(19)16-10-7-5-6-9(10)2/h9-10H,4-8,15H2,1-3H3,(H,16,19). The van der Waals surface area contributed by atoms with Gasteiger partial charge >= 0.3 is 0 Å². The summed E-state index contributed by atoms with van der Waals surface area (Å²) in [6.07, 6.45) is 4.48. The Morgan fingerprint density at radius 2 is 2.30 bits per heavy atom.